The number of nitrogens with zero attached hydrogens (tertiary/aromatic N) is 1. The van der Waals surface area contributed by atoms with Gasteiger partial charge in [-0.1, -0.05) is 6.92 Å². The van der Waals surface area contributed by atoms with Gasteiger partial charge in [0, 0.05) is 6.42 Å². The molecule has 1 aromatic heterocycles. The minimum atomic E-state index is -0.559. The topological polar surface area (TPSA) is 127 Å². The summed E-state index contributed by atoms with van der Waals surface area (Å²) in [7, 11) is 0. The molecule has 0 spiro atoms. The van der Waals surface area contributed by atoms with E-state index in [0.29, 0.717) is 0 Å². The normalized spacial score (nSPS) is 9.79. The highest BCUT2D eigenvalue weighted by Gasteiger charge is 2.09. The molecule has 1 amide bonds. The lowest BCUT2D eigenvalue weighted by molar-refractivity contribution is -0.115. The third kappa shape index (κ3) is 2.00. The predicted molar refractivity (Wildman–Crippen MR) is 52.6 cm³/mol. The fraction of sp³-hybridized carbons (Fsp3) is 0.286. The van der Waals surface area contributed by atoms with E-state index in [1.54, 1.807) is 6.92 Å². The Morgan fingerprint density at radius 2 is 2.21 bits per heavy atom. The second-order valence-electron chi connectivity index (χ2n) is 2.61. The number of rotatable bonds is 2. The first-order valence-electron chi connectivity index (χ1n) is 3.99. The largest absolute Gasteiger partial charge is 0.382 e. The van der Waals surface area contributed by atoms with Crippen LogP contribution in [0.15, 0.2) is 4.79 Å². The fourth-order valence-electron chi connectivity index (χ4n) is 0.857. The summed E-state index contributed by atoms with van der Waals surface area (Å²) >= 11 is 0. The summed E-state index contributed by atoms with van der Waals surface area (Å²) in [5.74, 6) is -0.483. The molecule has 0 unspecified atom stereocenters. The van der Waals surface area contributed by atoms with Crippen LogP contribution in [0.2, 0.25) is 0 Å². The lowest BCUT2D eigenvalue weighted by Crippen LogP contribution is -2.22. The molecule has 76 valence electrons. The van der Waals surface area contributed by atoms with E-state index in [1.165, 1.54) is 0 Å². The molecule has 0 saturated heterocycles. The van der Waals surface area contributed by atoms with Gasteiger partial charge in [0.05, 0.1) is 0 Å². The van der Waals surface area contributed by atoms with Gasteiger partial charge in [-0.15, -0.1) is 0 Å². The summed E-state index contributed by atoms with van der Waals surface area (Å²) in [5, 5.41) is 2.33. The van der Waals surface area contributed by atoms with Crippen molar-refractivity contribution >= 4 is 23.4 Å². The Morgan fingerprint density at radius 1 is 1.57 bits per heavy atom. The molecule has 0 aromatic carbocycles. The first-order chi connectivity index (χ1) is 6.54. The van der Waals surface area contributed by atoms with Gasteiger partial charge in [0.15, 0.2) is 5.82 Å². The molecule has 1 rings (SSSR count). The number of nitrogen functional groups attached to an aromatic ring is 2. The number of hydrogen-bond donors (Lipinski definition) is 4. The number of anilines is 3. The molecule has 7 nitrogen and oxygen atoms in total. The zero-order valence-electron chi connectivity index (χ0n) is 7.63. The SMILES string of the molecule is CCC(=O)Nc1c(N)nc(N)[nH]c1=O. The maximum atomic E-state index is 11.2. The van der Waals surface area contributed by atoms with E-state index >= 15 is 0 Å². The van der Waals surface area contributed by atoms with Crippen molar-refractivity contribution in [2.24, 2.45) is 0 Å². The number of nitrogens with one attached hydrogen (secondary N) is 2. The van der Waals surface area contributed by atoms with E-state index in [1.807, 2.05) is 0 Å². The van der Waals surface area contributed by atoms with Gasteiger partial charge < -0.3 is 16.8 Å². The number of hydrogen-bond acceptors (Lipinski definition) is 5. The highest BCUT2D eigenvalue weighted by atomic mass is 16.2. The van der Waals surface area contributed by atoms with Gasteiger partial charge in [-0.05, 0) is 0 Å². The van der Waals surface area contributed by atoms with Gasteiger partial charge >= 0.3 is 0 Å². The zero-order valence-corrected chi connectivity index (χ0v) is 7.63. The Bertz CT molecular complexity index is 411. The Hall–Kier alpha value is -2.05. The predicted octanol–water partition coefficient (Wildman–Crippen LogP) is -0.717. The Labute approximate surface area is 79.5 Å². The van der Waals surface area contributed by atoms with E-state index < -0.39 is 5.56 Å². The minimum Gasteiger partial charge on any atom is -0.382 e. The van der Waals surface area contributed by atoms with Crippen LogP contribution in [0.1, 0.15) is 13.3 Å². The Balaban J connectivity index is 3.09. The molecule has 0 saturated carbocycles. The van der Waals surface area contributed by atoms with E-state index in [2.05, 4.69) is 15.3 Å². The van der Waals surface area contributed by atoms with Crippen molar-refractivity contribution in [3.8, 4) is 0 Å². The second kappa shape index (κ2) is 3.77. The molecule has 0 radical (unpaired) electrons. The monoisotopic (exact) mass is 197 g/mol. The third-order valence-corrected chi connectivity index (χ3v) is 1.55. The van der Waals surface area contributed by atoms with Crippen molar-refractivity contribution in [1.29, 1.82) is 0 Å². The summed E-state index contributed by atoms with van der Waals surface area (Å²) in [6.45, 7) is 1.66. The van der Waals surface area contributed by atoms with Crippen LogP contribution in [0, 0.1) is 0 Å². The number of amides is 1. The lowest BCUT2D eigenvalue weighted by Gasteiger charge is -2.05. The molecule has 0 fully saturated rings. The quantitative estimate of drug-likeness (QED) is 0.497. The van der Waals surface area contributed by atoms with E-state index in [0.717, 1.165) is 0 Å². The first kappa shape index (κ1) is 10.0. The van der Waals surface area contributed by atoms with Crippen LogP contribution >= 0.6 is 0 Å². The number of carbonyl (C=O) groups excluding carboxylic acids is 1. The van der Waals surface area contributed by atoms with Crippen LogP contribution in [-0.4, -0.2) is 15.9 Å². The molecule has 0 aliphatic carbocycles. The number of nitrogens with two attached hydrogens (primary N) is 2. The summed E-state index contributed by atoms with van der Waals surface area (Å²) in [6, 6.07) is 0. The van der Waals surface area contributed by atoms with Gasteiger partial charge in [-0.25, -0.2) is 0 Å². The van der Waals surface area contributed by atoms with Crippen LogP contribution in [-0.2, 0) is 4.79 Å². The van der Waals surface area contributed by atoms with Crippen molar-refractivity contribution in [1.82, 2.24) is 9.97 Å². The van der Waals surface area contributed by atoms with Crippen molar-refractivity contribution in [2.75, 3.05) is 16.8 Å². The molecule has 6 N–H and O–H groups in total. The number of H-pyrrole nitrogens is 1. The van der Waals surface area contributed by atoms with Crippen LogP contribution in [0.3, 0.4) is 0 Å². The molecule has 14 heavy (non-hydrogen) atoms. The maximum absolute atomic E-state index is 11.2. The molecule has 0 aliphatic heterocycles. The van der Waals surface area contributed by atoms with Gasteiger partial charge in [-0.2, -0.15) is 4.98 Å². The average Bonchev–Trinajstić information content (AvgIpc) is 2.10. The molecule has 0 atom stereocenters. The summed E-state index contributed by atoms with van der Waals surface area (Å²) in [4.78, 5) is 28.1. The summed E-state index contributed by atoms with van der Waals surface area (Å²) in [5.41, 5.74) is 10.0. The highest BCUT2D eigenvalue weighted by molar-refractivity contribution is 5.92. The van der Waals surface area contributed by atoms with Gasteiger partial charge in [0.1, 0.15) is 5.69 Å². The van der Waals surface area contributed by atoms with Crippen molar-refractivity contribution in [2.45, 2.75) is 13.3 Å². The van der Waals surface area contributed by atoms with E-state index in [4.69, 9.17) is 11.5 Å². The van der Waals surface area contributed by atoms with E-state index in [-0.39, 0.29) is 29.8 Å². The van der Waals surface area contributed by atoms with E-state index in [9.17, 15) is 9.59 Å². The lowest BCUT2D eigenvalue weighted by atomic mass is 10.4. The van der Waals surface area contributed by atoms with Gasteiger partial charge in [-0.3, -0.25) is 14.6 Å². The third-order valence-electron chi connectivity index (χ3n) is 1.55. The van der Waals surface area contributed by atoms with Gasteiger partial charge in [0.2, 0.25) is 11.9 Å². The number of aromatic nitrogens is 2. The van der Waals surface area contributed by atoms with Crippen molar-refractivity contribution in [3.63, 3.8) is 0 Å². The number of carbonyl (C=O) groups is 1. The van der Waals surface area contributed by atoms with Crippen molar-refractivity contribution < 1.29 is 4.79 Å². The number of aromatic amines is 1. The van der Waals surface area contributed by atoms with Gasteiger partial charge in [0.25, 0.3) is 5.56 Å². The molecular formula is C7H11N5O2. The first-order valence-corrected chi connectivity index (χ1v) is 3.99. The maximum Gasteiger partial charge on any atom is 0.278 e. The summed E-state index contributed by atoms with van der Waals surface area (Å²) < 4.78 is 0. The Morgan fingerprint density at radius 3 is 2.71 bits per heavy atom. The fourth-order valence-corrected chi connectivity index (χ4v) is 0.857. The molecular weight excluding hydrogens is 186 g/mol. The minimum absolute atomic E-state index is 0.0638. The smallest absolute Gasteiger partial charge is 0.278 e. The second-order valence-corrected chi connectivity index (χ2v) is 2.61. The van der Waals surface area contributed by atoms with Crippen LogP contribution in [0.5, 0.6) is 0 Å². The Kier molecular flexibility index (Phi) is 2.70. The molecule has 0 bridgehead atoms. The van der Waals surface area contributed by atoms with Crippen LogP contribution in [0.4, 0.5) is 17.5 Å². The molecule has 1 aromatic rings. The zero-order chi connectivity index (χ0) is 10.7. The molecule has 0 aliphatic rings. The average molecular weight is 197 g/mol. The standard InChI is InChI=1S/C7H11N5O2/c1-2-3(13)10-4-5(8)11-7(9)12-6(4)14/h2H2,1H3,(H,10,13)(H5,8,9,11,12,14). The van der Waals surface area contributed by atoms with Crippen molar-refractivity contribution in [3.05, 3.63) is 10.4 Å². The molecule has 1 heterocycles. The molecule has 7 heteroatoms. The highest BCUT2D eigenvalue weighted by Crippen LogP contribution is 2.09. The summed E-state index contributed by atoms with van der Waals surface area (Å²) in [6.07, 6.45) is 0.253. The van der Waals surface area contributed by atoms with Crippen LogP contribution < -0.4 is 22.3 Å². The van der Waals surface area contributed by atoms with Crippen LogP contribution in [0.25, 0.3) is 0 Å².